The van der Waals surface area contributed by atoms with Crippen molar-refractivity contribution in [2.75, 3.05) is 37.7 Å². The number of hydrogen-bond acceptors (Lipinski definition) is 5. The highest BCUT2D eigenvalue weighted by Crippen LogP contribution is 2.42. The number of fused-ring (bicyclic) bond motifs is 1. The Morgan fingerprint density at radius 1 is 1.13 bits per heavy atom. The Morgan fingerprint density at radius 3 is 2.61 bits per heavy atom. The molecule has 2 heterocycles. The predicted molar refractivity (Wildman–Crippen MR) is 156 cm³/mol. The molecule has 1 saturated heterocycles. The Bertz CT molecular complexity index is 1250. The van der Waals surface area contributed by atoms with E-state index in [-0.39, 0.29) is 11.7 Å². The minimum absolute atomic E-state index is 0.258. The first kappa shape index (κ1) is 27.1. The monoisotopic (exact) mass is 537 g/mol. The summed E-state index contributed by atoms with van der Waals surface area (Å²) in [7, 11) is 4.02. The van der Waals surface area contributed by atoms with E-state index in [0.717, 1.165) is 59.5 Å². The van der Waals surface area contributed by atoms with E-state index in [1.54, 1.807) is 24.1 Å². The predicted octanol–water partition coefficient (Wildman–Crippen LogP) is 7.35. The van der Waals surface area contributed by atoms with E-state index >= 15 is 0 Å². The highest BCUT2D eigenvalue weighted by molar-refractivity contribution is 7.99. The molecule has 2 fully saturated rings. The van der Waals surface area contributed by atoms with Gasteiger partial charge in [-0.05, 0) is 74.5 Å². The maximum Gasteiger partial charge on any atom is 0.222 e. The lowest BCUT2D eigenvalue weighted by Gasteiger charge is -2.36. The minimum Gasteiger partial charge on any atom is -0.456 e. The van der Waals surface area contributed by atoms with Crippen LogP contribution in [0.1, 0.15) is 68.4 Å². The fourth-order valence-corrected chi connectivity index (χ4v) is 6.66. The van der Waals surface area contributed by atoms with Gasteiger partial charge in [0.15, 0.2) is 0 Å². The summed E-state index contributed by atoms with van der Waals surface area (Å²) in [6.45, 7) is 2.28. The first-order valence-electron chi connectivity index (χ1n) is 14.0. The fourth-order valence-electron chi connectivity index (χ4n) is 6.31. The average molecular weight is 538 g/mol. The van der Waals surface area contributed by atoms with Crippen molar-refractivity contribution in [2.24, 2.45) is 5.92 Å². The summed E-state index contributed by atoms with van der Waals surface area (Å²) in [5, 5.41) is 4.37. The molecule has 0 bridgehead atoms. The van der Waals surface area contributed by atoms with E-state index in [0.29, 0.717) is 24.8 Å². The second-order valence-electron chi connectivity index (χ2n) is 10.9. The zero-order valence-electron chi connectivity index (χ0n) is 22.9. The van der Waals surface area contributed by atoms with Crippen LogP contribution in [0.25, 0.3) is 22.3 Å². The molecule has 1 aliphatic heterocycles. The second kappa shape index (κ2) is 12.1. The first-order valence-corrected chi connectivity index (χ1v) is 15.2. The molecular weight excluding hydrogens is 497 g/mol. The molecule has 5 nitrogen and oxygen atoms in total. The van der Waals surface area contributed by atoms with Gasteiger partial charge in [0.2, 0.25) is 5.91 Å². The molecule has 1 saturated carbocycles. The number of carbonyl (C=O) groups is 1. The van der Waals surface area contributed by atoms with E-state index in [9.17, 15) is 9.18 Å². The number of amides is 1. The van der Waals surface area contributed by atoms with Gasteiger partial charge in [-0.3, -0.25) is 4.79 Å². The number of anilines is 1. The molecular formula is C31H40FN3O2S. The number of nitrogens with one attached hydrogen (secondary N) is 1. The van der Waals surface area contributed by atoms with Crippen molar-refractivity contribution in [3.63, 3.8) is 0 Å². The lowest BCUT2D eigenvalue weighted by atomic mass is 9.85. The Labute approximate surface area is 230 Å². The maximum absolute atomic E-state index is 13.6. The summed E-state index contributed by atoms with van der Waals surface area (Å²) in [5.74, 6) is 1.69. The molecule has 0 radical (unpaired) electrons. The number of likely N-dealkylation sites (tertiary alicyclic amines) is 1. The van der Waals surface area contributed by atoms with Gasteiger partial charge in [-0.15, -0.1) is 0 Å². The van der Waals surface area contributed by atoms with Crippen LogP contribution in [0.5, 0.6) is 0 Å². The van der Waals surface area contributed by atoms with Gasteiger partial charge in [-0.25, -0.2) is 4.39 Å². The van der Waals surface area contributed by atoms with Gasteiger partial charge in [-0.1, -0.05) is 31.2 Å². The molecule has 1 aliphatic carbocycles. The third kappa shape index (κ3) is 5.74. The van der Waals surface area contributed by atoms with Crippen LogP contribution in [0.15, 0.2) is 40.8 Å². The molecule has 2 aromatic carbocycles. The number of hydrogen-bond donors (Lipinski definition) is 1. The van der Waals surface area contributed by atoms with E-state index in [1.807, 2.05) is 7.05 Å². The van der Waals surface area contributed by atoms with Crippen molar-refractivity contribution in [2.45, 2.75) is 63.8 Å². The van der Waals surface area contributed by atoms with Crippen molar-refractivity contribution >= 4 is 34.5 Å². The number of carbonyl (C=O) groups excluding carboxylic acids is 1. The Hall–Kier alpha value is -2.51. The quantitative estimate of drug-likeness (QED) is 0.305. The second-order valence-corrected chi connectivity index (χ2v) is 11.8. The number of piperidine rings is 1. The van der Waals surface area contributed by atoms with Crippen LogP contribution in [0.2, 0.25) is 0 Å². The van der Waals surface area contributed by atoms with Crippen LogP contribution < -0.4 is 9.62 Å². The van der Waals surface area contributed by atoms with Crippen LogP contribution in [-0.4, -0.2) is 44.2 Å². The summed E-state index contributed by atoms with van der Waals surface area (Å²) < 4.78 is 22.3. The van der Waals surface area contributed by atoms with Gasteiger partial charge in [0.05, 0.1) is 5.69 Å². The lowest BCUT2D eigenvalue weighted by molar-refractivity contribution is -0.133. The molecule has 0 spiro atoms. The highest BCUT2D eigenvalue weighted by atomic mass is 32.2. The number of nitrogens with zero attached hydrogens (tertiary/aromatic N) is 2. The van der Waals surface area contributed by atoms with Crippen molar-refractivity contribution in [1.82, 2.24) is 10.2 Å². The Morgan fingerprint density at radius 2 is 1.89 bits per heavy atom. The molecule has 1 N–H and O–H groups in total. The Kier molecular flexibility index (Phi) is 8.64. The zero-order valence-corrected chi connectivity index (χ0v) is 23.7. The average Bonchev–Trinajstić information content (AvgIpc) is 3.30. The van der Waals surface area contributed by atoms with E-state index in [2.05, 4.69) is 40.0 Å². The molecule has 38 heavy (non-hydrogen) atoms. The topological polar surface area (TPSA) is 48.7 Å². The number of rotatable bonds is 8. The van der Waals surface area contributed by atoms with Crippen molar-refractivity contribution in [3.05, 3.63) is 53.3 Å². The van der Waals surface area contributed by atoms with Gasteiger partial charge >= 0.3 is 0 Å². The third-order valence-corrected chi connectivity index (χ3v) is 9.16. The van der Waals surface area contributed by atoms with Crippen LogP contribution in [0, 0.1) is 11.7 Å². The molecule has 2 aliphatic rings. The van der Waals surface area contributed by atoms with Crippen LogP contribution in [-0.2, 0) is 11.3 Å². The van der Waals surface area contributed by atoms with Gasteiger partial charge in [0, 0.05) is 67.9 Å². The standard InChI is InChI=1S/C31H40FN3O2S/c1-33-19-27-26-17-25(23-10-7-15-35(20-23)30(36)16-21-8-5-4-6-9-21)28(34(2)38-3)18-29(26)37-31(27)22-11-13-24(32)14-12-22/h11-14,17-18,21,23,33H,4-10,15-16,19-20H2,1-3H3. The largest absolute Gasteiger partial charge is 0.456 e. The van der Waals surface area contributed by atoms with Gasteiger partial charge in [0.25, 0.3) is 0 Å². The fraction of sp³-hybridized carbons (Fsp3) is 0.516. The van der Waals surface area contributed by atoms with Crippen LogP contribution >= 0.6 is 11.9 Å². The smallest absolute Gasteiger partial charge is 0.222 e. The van der Waals surface area contributed by atoms with Crippen LogP contribution in [0.3, 0.4) is 0 Å². The van der Waals surface area contributed by atoms with Crippen LogP contribution in [0.4, 0.5) is 10.1 Å². The summed E-state index contributed by atoms with van der Waals surface area (Å²) >= 11 is 1.67. The summed E-state index contributed by atoms with van der Waals surface area (Å²) in [6, 6.07) is 10.9. The van der Waals surface area contributed by atoms with E-state index < -0.39 is 0 Å². The molecule has 1 aromatic heterocycles. The summed E-state index contributed by atoms with van der Waals surface area (Å²) in [6.07, 6.45) is 11.1. The first-order chi connectivity index (χ1) is 18.5. The van der Waals surface area contributed by atoms with Crippen molar-refractivity contribution < 1.29 is 13.6 Å². The maximum atomic E-state index is 13.6. The van der Waals surface area contributed by atoms with Crippen molar-refractivity contribution in [3.8, 4) is 11.3 Å². The number of benzene rings is 2. The summed E-state index contributed by atoms with van der Waals surface area (Å²) in [5.41, 5.74) is 5.18. The highest BCUT2D eigenvalue weighted by Gasteiger charge is 2.30. The molecule has 1 unspecified atom stereocenters. The number of furan rings is 1. The molecule has 7 heteroatoms. The van der Waals surface area contributed by atoms with Crippen molar-refractivity contribution in [1.29, 1.82) is 0 Å². The van der Waals surface area contributed by atoms with Gasteiger partial charge in [0.1, 0.15) is 17.2 Å². The van der Waals surface area contributed by atoms with Gasteiger partial charge < -0.3 is 18.9 Å². The molecule has 1 atom stereocenters. The summed E-state index contributed by atoms with van der Waals surface area (Å²) in [4.78, 5) is 15.4. The SMILES string of the molecule is CNCc1c(-c2ccc(F)cc2)oc2cc(N(C)SC)c(C3CCCN(C(=O)CC4CCCCC4)C3)cc12. The van der Waals surface area contributed by atoms with E-state index in [4.69, 9.17) is 4.42 Å². The minimum atomic E-state index is -0.258. The molecule has 1 amide bonds. The van der Waals surface area contributed by atoms with E-state index in [1.165, 1.54) is 49.8 Å². The zero-order chi connectivity index (χ0) is 26.6. The molecule has 5 rings (SSSR count). The Balaban J connectivity index is 1.50. The third-order valence-electron chi connectivity index (χ3n) is 8.42. The lowest BCUT2D eigenvalue weighted by Crippen LogP contribution is -2.40. The normalized spacial score (nSPS) is 18.7. The molecule has 204 valence electrons. The van der Waals surface area contributed by atoms with Gasteiger partial charge in [-0.2, -0.15) is 0 Å². The molecule has 3 aromatic rings. The number of halogens is 1.